The minimum Gasteiger partial charge on any atom is -0.385 e. The summed E-state index contributed by atoms with van der Waals surface area (Å²) in [6.07, 6.45) is 2.43. The van der Waals surface area contributed by atoms with Crippen molar-refractivity contribution in [3.63, 3.8) is 0 Å². The molecule has 1 N–H and O–H groups in total. The first-order valence-electron chi connectivity index (χ1n) is 5.89. The van der Waals surface area contributed by atoms with Gasteiger partial charge in [0.2, 0.25) is 0 Å². The molecule has 1 heterocycles. The van der Waals surface area contributed by atoms with Gasteiger partial charge in [0.05, 0.1) is 11.0 Å². The zero-order valence-corrected chi connectivity index (χ0v) is 10.2. The van der Waals surface area contributed by atoms with Crippen molar-refractivity contribution in [2.45, 2.75) is 26.7 Å². The molecule has 0 fully saturated rings. The van der Waals surface area contributed by atoms with E-state index in [2.05, 4.69) is 47.0 Å². The highest BCUT2D eigenvalue weighted by atomic mass is 15.0. The molecule has 1 aromatic heterocycles. The van der Waals surface area contributed by atoms with Crippen molar-refractivity contribution in [3.05, 3.63) is 24.0 Å². The van der Waals surface area contributed by atoms with Crippen molar-refractivity contribution in [1.82, 2.24) is 9.55 Å². The minimum absolute atomic E-state index is 1.04. The predicted molar refractivity (Wildman–Crippen MR) is 68.8 cm³/mol. The first-order valence-corrected chi connectivity index (χ1v) is 5.89. The molecule has 0 amide bonds. The van der Waals surface area contributed by atoms with Gasteiger partial charge in [-0.05, 0) is 31.5 Å². The Labute approximate surface area is 96.5 Å². The fourth-order valence-electron chi connectivity index (χ4n) is 1.84. The molecular weight excluding hydrogens is 198 g/mol. The first kappa shape index (κ1) is 11.0. The number of hydrogen-bond acceptors (Lipinski definition) is 2. The molecule has 0 aliphatic rings. The predicted octanol–water partition coefficient (Wildman–Crippen LogP) is 3.09. The Morgan fingerprint density at radius 3 is 2.94 bits per heavy atom. The Morgan fingerprint density at radius 1 is 1.38 bits per heavy atom. The van der Waals surface area contributed by atoms with Crippen molar-refractivity contribution in [3.8, 4) is 0 Å². The van der Waals surface area contributed by atoms with Crippen LogP contribution in [0.5, 0.6) is 0 Å². The van der Waals surface area contributed by atoms with Crippen LogP contribution in [0.2, 0.25) is 0 Å². The van der Waals surface area contributed by atoms with Gasteiger partial charge in [-0.3, -0.25) is 0 Å². The molecule has 2 rings (SSSR count). The molecule has 1 aromatic carbocycles. The number of nitrogens with zero attached hydrogens (tertiary/aromatic N) is 2. The molecule has 2 aromatic rings. The lowest BCUT2D eigenvalue weighted by atomic mass is 10.2. The molecule has 0 saturated heterocycles. The second-order valence-corrected chi connectivity index (χ2v) is 4.20. The van der Waals surface area contributed by atoms with Crippen molar-refractivity contribution < 1.29 is 0 Å². The smallest absolute Gasteiger partial charge is 0.106 e. The maximum absolute atomic E-state index is 4.52. The topological polar surface area (TPSA) is 29.9 Å². The molecule has 0 bridgehead atoms. The summed E-state index contributed by atoms with van der Waals surface area (Å²) in [5.74, 6) is 1.06. The maximum Gasteiger partial charge on any atom is 0.106 e. The van der Waals surface area contributed by atoms with Crippen LogP contribution in [0.15, 0.2) is 18.2 Å². The van der Waals surface area contributed by atoms with Crippen LogP contribution in [-0.2, 0) is 7.05 Å². The zero-order chi connectivity index (χ0) is 11.5. The van der Waals surface area contributed by atoms with E-state index < -0.39 is 0 Å². The molecule has 3 heteroatoms. The van der Waals surface area contributed by atoms with Gasteiger partial charge >= 0.3 is 0 Å². The fourth-order valence-corrected chi connectivity index (χ4v) is 1.84. The van der Waals surface area contributed by atoms with Crippen LogP contribution in [0.3, 0.4) is 0 Å². The number of anilines is 1. The average molecular weight is 217 g/mol. The monoisotopic (exact) mass is 217 g/mol. The quantitative estimate of drug-likeness (QED) is 0.797. The summed E-state index contributed by atoms with van der Waals surface area (Å²) in [6, 6.07) is 6.38. The number of aryl methyl sites for hydroxylation is 2. The van der Waals surface area contributed by atoms with E-state index in [1.165, 1.54) is 24.0 Å². The minimum atomic E-state index is 1.04. The largest absolute Gasteiger partial charge is 0.385 e. The van der Waals surface area contributed by atoms with Gasteiger partial charge in [0.25, 0.3) is 0 Å². The summed E-state index contributed by atoms with van der Waals surface area (Å²) in [5, 5.41) is 3.42. The van der Waals surface area contributed by atoms with E-state index in [1.54, 1.807) is 0 Å². The molecular formula is C13H19N3. The molecule has 0 aliphatic heterocycles. The highest BCUT2D eigenvalue weighted by Gasteiger charge is 2.03. The lowest BCUT2D eigenvalue weighted by Crippen LogP contribution is -2.00. The van der Waals surface area contributed by atoms with Gasteiger partial charge < -0.3 is 9.88 Å². The number of aromatic nitrogens is 2. The van der Waals surface area contributed by atoms with Crippen molar-refractivity contribution in [2.24, 2.45) is 7.05 Å². The Bertz CT molecular complexity index is 485. The second kappa shape index (κ2) is 4.56. The van der Waals surface area contributed by atoms with E-state index in [0.717, 1.165) is 17.9 Å². The molecule has 0 unspecified atom stereocenters. The number of nitrogens with one attached hydrogen (secondary N) is 1. The van der Waals surface area contributed by atoms with E-state index in [9.17, 15) is 0 Å². The van der Waals surface area contributed by atoms with Gasteiger partial charge in [0.15, 0.2) is 0 Å². The summed E-state index contributed by atoms with van der Waals surface area (Å²) in [4.78, 5) is 4.52. The summed E-state index contributed by atoms with van der Waals surface area (Å²) in [6.45, 7) is 5.27. The second-order valence-electron chi connectivity index (χ2n) is 4.20. The molecule has 0 spiro atoms. The molecule has 0 saturated carbocycles. The van der Waals surface area contributed by atoms with Gasteiger partial charge in [-0.25, -0.2) is 4.98 Å². The van der Waals surface area contributed by atoms with Gasteiger partial charge in [0.1, 0.15) is 5.82 Å². The van der Waals surface area contributed by atoms with Gasteiger partial charge in [-0.1, -0.05) is 13.3 Å². The maximum atomic E-state index is 4.52. The molecule has 3 nitrogen and oxygen atoms in total. The van der Waals surface area contributed by atoms with E-state index >= 15 is 0 Å². The van der Waals surface area contributed by atoms with Crippen LogP contribution >= 0.6 is 0 Å². The third-order valence-corrected chi connectivity index (χ3v) is 2.96. The van der Waals surface area contributed by atoms with Gasteiger partial charge in [-0.2, -0.15) is 0 Å². The van der Waals surface area contributed by atoms with Crippen LogP contribution in [0.1, 0.15) is 25.6 Å². The summed E-state index contributed by atoms with van der Waals surface area (Å²) < 4.78 is 2.12. The number of hydrogen-bond donors (Lipinski definition) is 1. The summed E-state index contributed by atoms with van der Waals surface area (Å²) in [7, 11) is 2.05. The molecule has 16 heavy (non-hydrogen) atoms. The molecule has 0 radical (unpaired) electrons. The van der Waals surface area contributed by atoms with Crippen LogP contribution in [0, 0.1) is 6.92 Å². The number of rotatable bonds is 4. The number of benzene rings is 1. The van der Waals surface area contributed by atoms with E-state index in [1.807, 2.05) is 6.92 Å². The van der Waals surface area contributed by atoms with E-state index in [0.29, 0.717) is 0 Å². The number of imidazole rings is 1. The summed E-state index contributed by atoms with van der Waals surface area (Å²) >= 11 is 0. The fraction of sp³-hybridized carbons (Fsp3) is 0.462. The number of fused-ring (bicyclic) bond motifs is 1. The Morgan fingerprint density at radius 2 is 2.19 bits per heavy atom. The SMILES string of the molecule is CCCCNc1ccc2c(c1)nc(C)n2C. The molecule has 86 valence electrons. The Hall–Kier alpha value is -1.51. The van der Waals surface area contributed by atoms with Crippen molar-refractivity contribution >= 4 is 16.7 Å². The van der Waals surface area contributed by atoms with Gasteiger partial charge in [-0.15, -0.1) is 0 Å². The highest BCUT2D eigenvalue weighted by Crippen LogP contribution is 2.19. The lowest BCUT2D eigenvalue weighted by molar-refractivity contribution is 0.834. The lowest BCUT2D eigenvalue weighted by Gasteiger charge is -2.05. The van der Waals surface area contributed by atoms with E-state index in [4.69, 9.17) is 0 Å². The van der Waals surface area contributed by atoms with Crippen molar-refractivity contribution in [1.29, 1.82) is 0 Å². The van der Waals surface area contributed by atoms with E-state index in [-0.39, 0.29) is 0 Å². The average Bonchev–Trinajstić information content (AvgIpc) is 2.55. The van der Waals surface area contributed by atoms with Gasteiger partial charge in [0, 0.05) is 19.3 Å². The van der Waals surface area contributed by atoms with Crippen LogP contribution in [0.25, 0.3) is 11.0 Å². The van der Waals surface area contributed by atoms with Crippen LogP contribution in [-0.4, -0.2) is 16.1 Å². The molecule has 0 atom stereocenters. The van der Waals surface area contributed by atoms with Crippen LogP contribution in [0.4, 0.5) is 5.69 Å². The Kier molecular flexibility index (Phi) is 3.13. The highest BCUT2D eigenvalue weighted by molar-refractivity contribution is 5.80. The zero-order valence-electron chi connectivity index (χ0n) is 10.2. The summed E-state index contributed by atoms with van der Waals surface area (Å²) in [5.41, 5.74) is 3.43. The normalized spacial score (nSPS) is 10.9. The van der Waals surface area contributed by atoms with Crippen LogP contribution < -0.4 is 5.32 Å². The first-order chi connectivity index (χ1) is 7.72. The third-order valence-electron chi connectivity index (χ3n) is 2.96. The molecule has 0 aliphatic carbocycles. The number of unbranched alkanes of at least 4 members (excludes halogenated alkanes) is 1. The van der Waals surface area contributed by atoms with Crippen molar-refractivity contribution in [2.75, 3.05) is 11.9 Å². The Balaban J connectivity index is 2.23. The third kappa shape index (κ3) is 2.03. The standard InChI is InChI=1S/C13H19N3/c1-4-5-8-14-11-6-7-13-12(9-11)15-10(2)16(13)3/h6-7,9,14H,4-5,8H2,1-3H3.